The van der Waals surface area contributed by atoms with Gasteiger partial charge in [-0.1, -0.05) is 0 Å². The van der Waals surface area contributed by atoms with E-state index in [0.29, 0.717) is 6.54 Å². The van der Waals surface area contributed by atoms with Crippen molar-refractivity contribution >= 4 is 5.91 Å². The third kappa shape index (κ3) is 2.71. The van der Waals surface area contributed by atoms with Crippen molar-refractivity contribution in [2.45, 2.75) is 44.6 Å². The maximum absolute atomic E-state index is 11.4. The third-order valence-electron chi connectivity index (χ3n) is 3.42. The molecule has 0 heterocycles. The Morgan fingerprint density at radius 3 is 2.64 bits per heavy atom. The molecule has 0 atom stereocenters. The summed E-state index contributed by atoms with van der Waals surface area (Å²) in [6.07, 6.45) is 6.32. The largest absolute Gasteiger partial charge is 0.355 e. The van der Waals surface area contributed by atoms with Crippen LogP contribution in [0.1, 0.15) is 39.0 Å². The van der Waals surface area contributed by atoms with Gasteiger partial charge >= 0.3 is 0 Å². The molecule has 0 radical (unpaired) electrons. The van der Waals surface area contributed by atoms with Gasteiger partial charge in [0, 0.05) is 12.1 Å². The summed E-state index contributed by atoms with van der Waals surface area (Å²) in [5.74, 6) is 0.934. The Labute approximate surface area is 85.6 Å². The first-order valence-corrected chi connectivity index (χ1v) is 5.70. The maximum atomic E-state index is 11.4. The van der Waals surface area contributed by atoms with Crippen LogP contribution < -0.4 is 10.6 Å². The van der Waals surface area contributed by atoms with Crippen molar-refractivity contribution in [3.05, 3.63) is 0 Å². The molecular weight excluding hydrogens is 176 g/mol. The molecule has 0 spiro atoms. The third-order valence-corrected chi connectivity index (χ3v) is 3.42. The second kappa shape index (κ2) is 3.89. The van der Waals surface area contributed by atoms with E-state index < -0.39 is 0 Å². The molecule has 2 fully saturated rings. The van der Waals surface area contributed by atoms with Gasteiger partial charge in [0.05, 0.1) is 6.54 Å². The van der Waals surface area contributed by atoms with Crippen molar-refractivity contribution in [2.24, 2.45) is 5.92 Å². The molecule has 80 valence electrons. The molecule has 0 aromatic heterocycles. The van der Waals surface area contributed by atoms with E-state index in [1.165, 1.54) is 32.1 Å². The molecular formula is C11H20N2O. The highest BCUT2D eigenvalue weighted by atomic mass is 16.1. The quantitative estimate of drug-likeness (QED) is 0.690. The van der Waals surface area contributed by atoms with Gasteiger partial charge in [-0.3, -0.25) is 4.79 Å². The SMILES string of the molecule is CC1(NCC(=O)NCC2CC2)CCC1. The number of rotatable bonds is 5. The summed E-state index contributed by atoms with van der Waals surface area (Å²) in [5, 5.41) is 6.29. The van der Waals surface area contributed by atoms with Gasteiger partial charge in [-0.25, -0.2) is 0 Å². The van der Waals surface area contributed by atoms with E-state index in [-0.39, 0.29) is 11.4 Å². The molecule has 0 aromatic carbocycles. The van der Waals surface area contributed by atoms with Crippen LogP contribution in [0.3, 0.4) is 0 Å². The second-order valence-electron chi connectivity index (χ2n) is 5.02. The Kier molecular flexibility index (Phi) is 2.77. The molecule has 2 saturated carbocycles. The summed E-state index contributed by atoms with van der Waals surface area (Å²) in [5.41, 5.74) is 0.247. The lowest BCUT2D eigenvalue weighted by atomic mass is 9.78. The van der Waals surface area contributed by atoms with Gasteiger partial charge in [0.2, 0.25) is 5.91 Å². The van der Waals surface area contributed by atoms with E-state index >= 15 is 0 Å². The molecule has 0 aliphatic heterocycles. The predicted octanol–water partition coefficient (Wildman–Crippen LogP) is 1.04. The molecule has 0 saturated heterocycles. The zero-order valence-electron chi connectivity index (χ0n) is 8.94. The molecule has 2 aliphatic rings. The van der Waals surface area contributed by atoms with Gasteiger partial charge < -0.3 is 10.6 Å². The van der Waals surface area contributed by atoms with Crippen molar-refractivity contribution < 1.29 is 4.79 Å². The van der Waals surface area contributed by atoms with Crippen LogP contribution in [0.25, 0.3) is 0 Å². The second-order valence-corrected chi connectivity index (χ2v) is 5.02. The summed E-state index contributed by atoms with van der Waals surface area (Å²) in [7, 11) is 0. The first-order chi connectivity index (χ1) is 6.68. The van der Waals surface area contributed by atoms with E-state index in [4.69, 9.17) is 0 Å². The van der Waals surface area contributed by atoms with Crippen molar-refractivity contribution in [1.82, 2.24) is 10.6 Å². The number of hydrogen-bond donors (Lipinski definition) is 2. The lowest BCUT2D eigenvalue weighted by Crippen LogP contribution is -2.51. The fourth-order valence-corrected chi connectivity index (χ4v) is 1.82. The topological polar surface area (TPSA) is 41.1 Å². The molecule has 14 heavy (non-hydrogen) atoms. The van der Waals surface area contributed by atoms with Crippen LogP contribution in [-0.4, -0.2) is 24.5 Å². The van der Waals surface area contributed by atoms with Crippen LogP contribution in [-0.2, 0) is 4.79 Å². The molecule has 2 aliphatic carbocycles. The van der Waals surface area contributed by atoms with Crippen molar-refractivity contribution in [1.29, 1.82) is 0 Å². The highest BCUT2D eigenvalue weighted by Gasteiger charge is 2.31. The van der Waals surface area contributed by atoms with Gasteiger partial charge in [-0.05, 0) is 44.9 Å². The summed E-state index contributed by atoms with van der Waals surface area (Å²) in [4.78, 5) is 11.4. The van der Waals surface area contributed by atoms with Gasteiger partial charge in [0.15, 0.2) is 0 Å². The van der Waals surface area contributed by atoms with Gasteiger partial charge in [-0.2, -0.15) is 0 Å². The normalized spacial score (nSPS) is 24.1. The molecule has 3 nitrogen and oxygen atoms in total. The van der Waals surface area contributed by atoms with Crippen LogP contribution >= 0.6 is 0 Å². The fourth-order valence-electron chi connectivity index (χ4n) is 1.82. The van der Waals surface area contributed by atoms with E-state index in [9.17, 15) is 4.79 Å². The van der Waals surface area contributed by atoms with E-state index in [1.807, 2.05) is 0 Å². The van der Waals surface area contributed by atoms with Crippen molar-refractivity contribution in [3.8, 4) is 0 Å². The van der Waals surface area contributed by atoms with Gasteiger partial charge in [0.1, 0.15) is 0 Å². The Morgan fingerprint density at radius 2 is 2.14 bits per heavy atom. The Hall–Kier alpha value is -0.570. The van der Waals surface area contributed by atoms with Crippen LogP contribution in [0.15, 0.2) is 0 Å². The van der Waals surface area contributed by atoms with Crippen molar-refractivity contribution in [3.63, 3.8) is 0 Å². The van der Waals surface area contributed by atoms with E-state index in [2.05, 4.69) is 17.6 Å². The zero-order chi connectivity index (χ0) is 10.0. The predicted molar refractivity (Wildman–Crippen MR) is 56.0 cm³/mol. The molecule has 3 heteroatoms. The lowest BCUT2D eigenvalue weighted by molar-refractivity contribution is -0.120. The van der Waals surface area contributed by atoms with Crippen LogP contribution in [0.4, 0.5) is 0 Å². The van der Waals surface area contributed by atoms with E-state index in [1.54, 1.807) is 0 Å². The minimum absolute atomic E-state index is 0.157. The van der Waals surface area contributed by atoms with E-state index in [0.717, 1.165) is 12.5 Å². The molecule has 1 amide bonds. The average molecular weight is 196 g/mol. The summed E-state index contributed by atoms with van der Waals surface area (Å²) in [6, 6.07) is 0. The minimum Gasteiger partial charge on any atom is -0.355 e. The highest BCUT2D eigenvalue weighted by Crippen LogP contribution is 2.30. The van der Waals surface area contributed by atoms with Crippen molar-refractivity contribution in [2.75, 3.05) is 13.1 Å². The van der Waals surface area contributed by atoms with Crippen LogP contribution in [0, 0.1) is 5.92 Å². The van der Waals surface area contributed by atoms with Crippen LogP contribution in [0.5, 0.6) is 0 Å². The zero-order valence-corrected chi connectivity index (χ0v) is 8.94. The smallest absolute Gasteiger partial charge is 0.233 e. The summed E-state index contributed by atoms with van der Waals surface area (Å²) in [6.45, 7) is 3.57. The maximum Gasteiger partial charge on any atom is 0.233 e. The summed E-state index contributed by atoms with van der Waals surface area (Å²) >= 11 is 0. The first-order valence-electron chi connectivity index (χ1n) is 5.70. The molecule has 2 rings (SSSR count). The Bertz CT molecular complexity index is 219. The number of carbonyl (C=O) groups excluding carboxylic acids is 1. The summed E-state index contributed by atoms with van der Waals surface area (Å²) < 4.78 is 0. The lowest BCUT2D eigenvalue weighted by Gasteiger charge is -2.39. The molecule has 0 bridgehead atoms. The average Bonchev–Trinajstić information content (AvgIpc) is 2.91. The fraction of sp³-hybridized carbons (Fsp3) is 0.909. The number of amides is 1. The minimum atomic E-state index is 0.157. The highest BCUT2D eigenvalue weighted by molar-refractivity contribution is 5.78. The molecule has 0 unspecified atom stereocenters. The monoisotopic (exact) mass is 196 g/mol. The molecule has 0 aromatic rings. The number of nitrogens with one attached hydrogen (secondary N) is 2. The Balaban J connectivity index is 1.56. The van der Waals surface area contributed by atoms with Gasteiger partial charge in [0.25, 0.3) is 0 Å². The molecule has 2 N–H and O–H groups in total. The Morgan fingerprint density at radius 1 is 1.43 bits per heavy atom. The van der Waals surface area contributed by atoms with Crippen LogP contribution in [0.2, 0.25) is 0 Å². The number of hydrogen-bond acceptors (Lipinski definition) is 2. The first kappa shape index (κ1) is 9.97. The standard InChI is InChI=1S/C11H20N2O/c1-11(5-2-6-11)13-8-10(14)12-7-9-3-4-9/h9,13H,2-8H2,1H3,(H,12,14). The van der Waals surface area contributed by atoms with Gasteiger partial charge in [-0.15, -0.1) is 0 Å². The number of carbonyl (C=O) groups is 1.